The summed E-state index contributed by atoms with van der Waals surface area (Å²) < 4.78 is 5.19. The third kappa shape index (κ3) is 2.15. The van der Waals surface area contributed by atoms with Crippen LogP contribution in [0, 0.1) is 6.92 Å². The van der Waals surface area contributed by atoms with Crippen molar-refractivity contribution in [1.82, 2.24) is 4.98 Å². The van der Waals surface area contributed by atoms with Crippen LogP contribution in [-0.4, -0.2) is 12.1 Å². The Labute approximate surface area is 89.6 Å². The highest BCUT2D eigenvalue weighted by atomic mass is 16.5. The summed E-state index contributed by atoms with van der Waals surface area (Å²) in [5.74, 6) is 0.869. The van der Waals surface area contributed by atoms with Crippen molar-refractivity contribution < 1.29 is 4.74 Å². The number of aromatic nitrogens is 1. The second kappa shape index (κ2) is 4.13. The molecule has 2 nitrogen and oxygen atoms in total. The number of hydrogen-bond acceptors (Lipinski definition) is 2. The van der Waals surface area contributed by atoms with Gasteiger partial charge >= 0.3 is 0 Å². The molecular weight excluding hydrogens is 186 g/mol. The topological polar surface area (TPSA) is 22.1 Å². The summed E-state index contributed by atoms with van der Waals surface area (Å²) in [7, 11) is 1.67. The fourth-order valence-electron chi connectivity index (χ4n) is 1.52. The summed E-state index contributed by atoms with van der Waals surface area (Å²) >= 11 is 0. The van der Waals surface area contributed by atoms with Gasteiger partial charge in [0.1, 0.15) is 5.75 Å². The highest BCUT2D eigenvalue weighted by Crippen LogP contribution is 2.23. The van der Waals surface area contributed by atoms with Crippen LogP contribution < -0.4 is 4.74 Å². The van der Waals surface area contributed by atoms with E-state index in [9.17, 15) is 0 Å². The minimum Gasteiger partial charge on any atom is -0.497 e. The second-order valence-electron chi connectivity index (χ2n) is 3.48. The van der Waals surface area contributed by atoms with Gasteiger partial charge in [0.2, 0.25) is 0 Å². The van der Waals surface area contributed by atoms with Crippen LogP contribution in [0.1, 0.15) is 5.56 Å². The fraction of sp³-hybridized carbons (Fsp3) is 0.154. The van der Waals surface area contributed by atoms with E-state index in [0.29, 0.717) is 0 Å². The maximum atomic E-state index is 5.19. The lowest BCUT2D eigenvalue weighted by molar-refractivity contribution is 0.415. The third-order valence-corrected chi connectivity index (χ3v) is 2.28. The SMILES string of the molecule is COc1cccc(-c2cncc(C)c2)c1. The largest absolute Gasteiger partial charge is 0.497 e. The van der Waals surface area contributed by atoms with Crippen molar-refractivity contribution in [2.75, 3.05) is 7.11 Å². The van der Waals surface area contributed by atoms with Gasteiger partial charge in [-0.2, -0.15) is 0 Å². The van der Waals surface area contributed by atoms with Gasteiger partial charge in [0.25, 0.3) is 0 Å². The lowest BCUT2D eigenvalue weighted by Crippen LogP contribution is -1.85. The number of aryl methyl sites for hydroxylation is 1. The molecule has 15 heavy (non-hydrogen) atoms. The Kier molecular flexibility index (Phi) is 2.68. The Morgan fingerprint density at radius 2 is 1.93 bits per heavy atom. The van der Waals surface area contributed by atoms with Gasteiger partial charge < -0.3 is 4.74 Å². The lowest BCUT2D eigenvalue weighted by atomic mass is 10.1. The van der Waals surface area contributed by atoms with E-state index in [0.717, 1.165) is 22.4 Å². The molecule has 0 bridgehead atoms. The molecule has 0 spiro atoms. The molecule has 0 fully saturated rings. The first-order chi connectivity index (χ1) is 7.29. The van der Waals surface area contributed by atoms with Gasteiger partial charge in [-0.3, -0.25) is 4.98 Å². The van der Waals surface area contributed by atoms with E-state index in [1.807, 2.05) is 37.5 Å². The molecule has 0 aliphatic rings. The molecule has 2 heteroatoms. The molecule has 0 unspecified atom stereocenters. The van der Waals surface area contributed by atoms with E-state index in [4.69, 9.17) is 4.74 Å². The number of rotatable bonds is 2. The molecule has 1 aromatic carbocycles. The molecule has 76 valence electrons. The normalized spacial score (nSPS) is 10.0. The molecule has 0 radical (unpaired) electrons. The maximum Gasteiger partial charge on any atom is 0.119 e. The van der Waals surface area contributed by atoms with Gasteiger partial charge in [-0.15, -0.1) is 0 Å². The number of ether oxygens (including phenoxy) is 1. The molecule has 0 atom stereocenters. The molecule has 0 saturated heterocycles. The maximum absolute atomic E-state index is 5.19. The highest BCUT2D eigenvalue weighted by Gasteiger charge is 1.99. The van der Waals surface area contributed by atoms with Gasteiger partial charge in [0.05, 0.1) is 7.11 Å². The summed E-state index contributed by atoms with van der Waals surface area (Å²) in [5, 5.41) is 0. The van der Waals surface area contributed by atoms with E-state index in [-0.39, 0.29) is 0 Å². The number of hydrogen-bond donors (Lipinski definition) is 0. The first-order valence-electron chi connectivity index (χ1n) is 4.85. The van der Waals surface area contributed by atoms with E-state index in [1.54, 1.807) is 7.11 Å². The first-order valence-corrected chi connectivity index (χ1v) is 4.85. The van der Waals surface area contributed by atoms with Crippen LogP contribution in [0.15, 0.2) is 42.7 Å². The van der Waals surface area contributed by atoms with Crippen LogP contribution in [0.25, 0.3) is 11.1 Å². The summed E-state index contributed by atoms with van der Waals surface area (Å²) in [5.41, 5.74) is 3.41. The zero-order chi connectivity index (χ0) is 10.7. The minimum absolute atomic E-state index is 0.869. The Hall–Kier alpha value is -1.83. The first kappa shape index (κ1) is 9.71. The molecule has 0 aliphatic heterocycles. The Bertz CT molecular complexity index is 466. The lowest BCUT2D eigenvalue weighted by Gasteiger charge is -2.04. The summed E-state index contributed by atoms with van der Waals surface area (Å²) in [4.78, 5) is 4.18. The number of methoxy groups -OCH3 is 1. The molecule has 1 aromatic heterocycles. The molecular formula is C13H13NO. The van der Waals surface area contributed by atoms with Crippen LogP contribution in [0.4, 0.5) is 0 Å². The zero-order valence-corrected chi connectivity index (χ0v) is 8.90. The molecule has 2 rings (SSSR count). The number of pyridine rings is 1. The van der Waals surface area contributed by atoms with Crippen molar-refractivity contribution in [3.63, 3.8) is 0 Å². The average molecular weight is 199 g/mol. The van der Waals surface area contributed by atoms with Gasteiger partial charge in [-0.25, -0.2) is 0 Å². The van der Waals surface area contributed by atoms with E-state index >= 15 is 0 Å². The minimum atomic E-state index is 0.869. The van der Waals surface area contributed by atoms with Crippen LogP contribution in [0.3, 0.4) is 0 Å². The fourth-order valence-corrected chi connectivity index (χ4v) is 1.52. The Balaban J connectivity index is 2.44. The monoisotopic (exact) mass is 199 g/mol. The van der Waals surface area contributed by atoms with Crippen LogP contribution >= 0.6 is 0 Å². The summed E-state index contributed by atoms with van der Waals surface area (Å²) in [6, 6.07) is 10.1. The molecule has 0 saturated carbocycles. The van der Waals surface area contributed by atoms with E-state index in [2.05, 4.69) is 17.1 Å². The van der Waals surface area contributed by atoms with Crippen molar-refractivity contribution in [3.8, 4) is 16.9 Å². The van der Waals surface area contributed by atoms with Gasteiger partial charge in [-0.05, 0) is 36.2 Å². The van der Waals surface area contributed by atoms with Crippen molar-refractivity contribution in [3.05, 3.63) is 48.3 Å². The summed E-state index contributed by atoms with van der Waals surface area (Å²) in [6.45, 7) is 2.04. The Morgan fingerprint density at radius 3 is 2.67 bits per heavy atom. The molecule has 0 N–H and O–H groups in total. The smallest absolute Gasteiger partial charge is 0.119 e. The average Bonchev–Trinajstić information content (AvgIpc) is 2.29. The number of nitrogens with zero attached hydrogens (tertiary/aromatic N) is 1. The summed E-state index contributed by atoms with van der Waals surface area (Å²) in [6.07, 6.45) is 3.71. The molecule has 1 heterocycles. The highest BCUT2D eigenvalue weighted by molar-refractivity contribution is 5.64. The van der Waals surface area contributed by atoms with Gasteiger partial charge in [0, 0.05) is 18.0 Å². The zero-order valence-electron chi connectivity index (χ0n) is 8.90. The predicted molar refractivity (Wildman–Crippen MR) is 61.0 cm³/mol. The van der Waals surface area contributed by atoms with Crippen LogP contribution in [0.2, 0.25) is 0 Å². The van der Waals surface area contributed by atoms with Gasteiger partial charge in [0.15, 0.2) is 0 Å². The molecule has 2 aromatic rings. The van der Waals surface area contributed by atoms with Crippen molar-refractivity contribution in [2.24, 2.45) is 0 Å². The van der Waals surface area contributed by atoms with Crippen molar-refractivity contribution >= 4 is 0 Å². The Morgan fingerprint density at radius 1 is 1.07 bits per heavy atom. The van der Waals surface area contributed by atoms with E-state index in [1.165, 1.54) is 0 Å². The second-order valence-corrected chi connectivity index (χ2v) is 3.48. The predicted octanol–water partition coefficient (Wildman–Crippen LogP) is 3.07. The van der Waals surface area contributed by atoms with Crippen LogP contribution in [0.5, 0.6) is 5.75 Å². The quantitative estimate of drug-likeness (QED) is 0.741. The standard InChI is InChI=1S/C13H13NO/c1-10-6-12(9-14-8-10)11-4-3-5-13(7-11)15-2/h3-9H,1-2H3. The van der Waals surface area contributed by atoms with Gasteiger partial charge in [-0.1, -0.05) is 12.1 Å². The van der Waals surface area contributed by atoms with Crippen molar-refractivity contribution in [2.45, 2.75) is 6.92 Å². The van der Waals surface area contributed by atoms with Crippen molar-refractivity contribution in [1.29, 1.82) is 0 Å². The van der Waals surface area contributed by atoms with E-state index < -0.39 is 0 Å². The molecule has 0 amide bonds. The molecule has 0 aliphatic carbocycles. The van der Waals surface area contributed by atoms with Crippen LogP contribution in [-0.2, 0) is 0 Å². The number of benzene rings is 1. The third-order valence-electron chi connectivity index (χ3n) is 2.28.